The summed E-state index contributed by atoms with van der Waals surface area (Å²) in [6, 6.07) is 16.4. The van der Waals surface area contributed by atoms with E-state index in [4.69, 9.17) is 0 Å². The summed E-state index contributed by atoms with van der Waals surface area (Å²) in [5.41, 5.74) is 6.42. The lowest BCUT2D eigenvalue weighted by atomic mass is 10.00. The molecule has 0 amide bonds. The van der Waals surface area contributed by atoms with Crippen molar-refractivity contribution in [3.8, 4) is 22.3 Å². The molecule has 5 aromatic rings. The number of nitrogens with one attached hydrogen (secondary N) is 2. The number of rotatable bonds is 4. The highest BCUT2D eigenvalue weighted by Gasteiger charge is 2.16. The van der Waals surface area contributed by atoms with Gasteiger partial charge in [0.05, 0.1) is 0 Å². The van der Waals surface area contributed by atoms with Crippen molar-refractivity contribution in [1.82, 2.24) is 24.8 Å². The minimum atomic E-state index is -0.215. The Labute approximate surface area is 191 Å². The van der Waals surface area contributed by atoms with E-state index in [0.717, 1.165) is 66.0 Å². The monoisotopic (exact) mass is 439 g/mol. The van der Waals surface area contributed by atoms with Crippen molar-refractivity contribution < 1.29 is 4.39 Å². The molecule has 2 N–H and O–H groups in total. The summed E-state index contributed by atoms with van der Waals surface area (Å²) in [5, 5.41) is 1.52. The van der Waals surface area contributed by atoms with Crippen molar-refractivity contribution in [2.45, 2.75) is 6.54 Å². The Hall–Kier alpha value is -3.48. The Morgan fingerprint density at radius 3 is 2.52 bits per heavy atom. The summed E-state index contributed by atoms with van der Waals surface area (Å²) in [5.74, 6) is -0.215. The van der Waals surface area contributed by atoms with E-state index in [-0.39, 0.29) is 5.82 Å². The third kappa shape index (κ3) is 3.71. The minimum absolute atomic E-state index is 0.215. The topological polar surface area (TPSA) is 50.9 Å². The van der Waals surface area contributed by atoms with Gasteiger partial charge in [0.25, 0.3) is 0 Å². The molecule has 1 fully saturated rings. The Morgan fingerprint density at radius 2 is 1.70 bits per heavy atom. The molecule has 2 aromatic carbocycles. The lowest BCUT2D eigenvalue weighted by Gasteiger charge is -2.32. The summed E-state index contributed by atoms with van der Waals surface area (Å²) >= 11 is 0. The molecule has 0 saturated carbocycles. The van der Waals surface area contributed by atoms with Crippen LogP contribution in [-0.2, 0) is 6.54 Å². The maximum atomic E-state index is 15.2. The zero-order valence-electron chi connectivity index (χ0n) is 18.6. The van der Waals surface area contributed by atoms with Gasteiger partial charge in [-0.25, -0.2) is 9.37 Å². The standard InChI is InChI=1S/C27H26FN5/c1-32-10-12-33(13-11-32)17-18-2-4-19(5-3-18)20-14-23-24(16-31-27(23)30-15-20)21-6-7-25-22(26(21)28)8-9-29-25/h2-9,14-16,29H,10-13,17H2,1H3,(H,30,31). The van der Waals surface area contributed by atoms with Gasteiger partial charge in [-0.2, -0.15) is 0 Å². The van der Waals surface area contributed by atoms with Crippen LogP contribution in [0.1, 0.15) is 5.56 Å². The number of nitrogens with zero attached hydrogens (tertiary/aromatic N) is 3. The second-order valence-corrected chi connectivity index (χ2v) is 8.96. The van der Waals surface area contributed by atoms with Crippen molar-refractivity contribution in [2.75, 3.05) is 33.2 Å². The molecule has 1 aliphatic rings. The highest BCUT2D eigenvalue weighted by Crippen LogP contribution is 2.34. The lowest BCUT2D eigenvalue weighted by molar-refractivity contribution is 0.148. The molecule has 33 heavy (non-hydrogen) atoms. The Bertz CT molecular complexity index is 1420. The fraction of sp³-hybridized carbons (Fsp3) is 0.222. The van der Waals surface area contributed by atoms with E-state index in [9.17, 15) is 0 Å². The Kier molecular flexibility index (Phi) is 4.97. The first-order valence-electron chi connectivity index (χ1n) is 11.4. The summed E-state index contributed by atoms with van der Waals surface area (Å²) in [7, 11) is 2.18. The fourth-order valence-corrected chi connectivity index (χ4v) is 4.76. The van der Waals surface area contributed by atoms with Gasteiger partial charge < -0.3 is 14.9 Å². The first-order chi connectivity index (χ1) is 16.2. The van der Waals surface area contributed by atoms with Gasteiger partial charge in [-0.1, -0.05) is 24.3 Å². The van der Waals surface area contributed by atoms with Crippen molar-refractivity contribution in [2.24, 2.45) is 0 Å². The fourth-order valence-electron chi connectivity index (χ4n) is 4.76. The first kappa shape index (κ1) is 20.1. The van der Waals surface area contributed by atoms with Crippen molar-refractivity contribution >= 4 is 21.9 Å². The Morgan fingerprint density at radius 1 is 0.879 bits per heavy atom. The van der Waals surface area contributed by atoms with E-state index < -0.39 is 0 Å². The molecule has 0 spiro atoms. The minimum Gasteiger partial charge on any atom is -0.361 e. The van der Waals surface area contributed by atoms with Crippen LogP contribution in [0, 0.1) is 5.82 Å². The largest absolute Gasteiger partial charge is 0.361 e. The van der Waals surface area contributed by atoms with Crippen LogP contribution in [0.25, 0.3) is 44.2 Å². The number of likely N-dealkylation sites (N-methyl/N-ethyl adjacent to an activating group) is 1. The second-order valence-electron chi connectivity index (χ2n) is 8.96. The van der Waals surface area contributed by atoms with Gasteiger partial charge >= 0.3 is 0 Å². The van der Waals surface area contributed by atoms with Crippen LogP contribution in [0.15, 0.2) is 67.1 Å². The number of H-pyrrole nitrogens is 2. The third-order valence-electron chi connectivity index (χ3n) is 6.78. The predicted octanol–water partition coefficient (Wildman–Crippen LogP) is 5.26. The maximum absolute atomic E-state index is 15.2. The summed E-state index contributed by atoms with van der Waals surface area (Å²) in [6.07, 6.45) is 5.49. The van der Waals surface area contributed by atoms with E-state index in [2.05, 4.69) is 62.1 Å². The van der Waals surface area contributed by atoms with Gasteiger partial charge in [-0.3, -0.25) is 4.90 Å². The second kappa shape index (κ2) is 8.14. The molecule has 0 radical (unpaired) electrons. The molecule has 0 atom stereocenters. The van der Waals surface area contributed by atoms with Crippen molar-refractivity contribution in [3.05, 3.63) is 78.5 Å². The normalized spacial score (nSPS) is 15.6. The van der Waals surface area contributed by atoms with Crippen LogP contribution < -0.4 is 0 Å². The lowest BCUT2D eigenvalue weighted by Crippen LogP contribution is -2.43. The number of hydrogen-bond donors (Lipinski definition) is 2. The summed E-state index contributed by atoms with van der Waals surface area (Å²) in [4.78, 5) is 15.8. The van der Waals surface area contributed by atoms with Crippen LogP contribution in [0.4, 0.5) is 4.39 Å². The van der Waals surface area contributed by atoms with Gasteiger partial charge in [-0.05, 0) is 42.4 Å². The molecule has 1 aliphatic heterocycles. The highest BCUT2D eigenvalue weighted by molar-refractivity contribution is 5.98. The Balaban J connectivity index is 1.30. The van der Waals surface area contributed by atoms with E-state index in [1.54, 1.807) is 12.3 Å². The number of aromatic amines is 2. The average Bonchev–Trinajstić information content (AvgIpc) is 3.49. The van der Waals surface area contributed by atoms with Crippen LogP contribution in [0.5, 0.6) is 0 Å². The van der Waals surface area contributed by atoms with Crippen LogP contribution in [0.3, 0.4) is 0 Å². The van der Waals surface area contributed by atoms with Crippen LogP contribution >= 0.6 is 0 Å². The van der Waals surface area contributed by atoms with Crippen molar-refractivity contribution in [1.29, 1.82) is 0 Å². The molecule has 6 rings (SSSR count). The third-order valence-corrected chi connectivity index (χ3v) is 6.78. The number of pyridine rings is 1. The first-order valence-corrected chi connectivity index (χ1v) is 11.4. The van der Waals surface area contributed by atoms with Crippen LogP contribution in [-0.4, -0.2) is 58.0 Å². The number of aromatic nitrogens is 3. The molecule has 5 nitrogen and oxygen atoms in total. The summed E-state index contributed by atoms with van der Waals surface area (Å²) < 4.78 is 15.2. The van der Waals surface area contributed by atoms with Crippen molar-refractivity contribution in [3.63, 3.8) is 0 Å². The molecule has 0 bridgehead atoms. The highest BCUT2D eigenvalue weighted by atomic mass is 19.1. The van der Waals surface area contributed by atoms with E-state index in [0.29, 0.717) is 10.9 Å². The molecule has 0 aliphatic carbocycles. The summed E-state index contributed by atoms with van der Waals surface area (Å²) in [6.45, 7) is 5.45. The van der Waals surface area contributed by atoms with E-state index in [1.807, 2.05) is 24.5 Å². The predicted molar refractivity (Wildman–Crippen MR) is 132 cm³/mol. The number of halogens is 1. The molecule has 3 aromatic heterocycles. The van der Waals surface area contributed by atoms with Crippen LogP contribution in [0.2, 0.25) is 0 Å². The SMILES string of the molecule is CN1CCN(Cc2ccc(-c3cnc4[nH]cc(-c5ccc6[nH]ccc6c5F)c4c3)cc2)CC1. The number of benzene rings is 2. The molecule has 1 saturated heterocycles. The molecular formula is C27H26FN5. The van der Waals surface area contributed by atoms with Gasteiger partial charge in [0.1, 0.15) is 11.5 Å². The molecular weight excluding hydrogens is 413 g/mol. The number of hydrogen-bond acceptors (Lipinski definition) is 3. The molecule has 6 heteroatoms. The average molecular weight is 440 g/mol. The van der Waals surface area contributed by atoms with E-state index >= 15 is 4.39 Å². The quantitative estimate of drug-likeness (QED) is 0.401. The smallest absolute Gasteiger partial charge is 0.140 e. The van der Waals surface area contributed by atoms with Gasteiger partial charge in [0.15, 0.2) is 0 Å². The molecule has 166 valence electrons. The zero-order chi connectivity index (χ0) is 22.4. The van der Waals surface area contributed by atoms with Gasteiger partial charge in [0.2, 0.25) is 0 Å². The molecule has 0 unspecified atom stereocenters. The molecule has 4 heterocycles. The van der Waals surface area contributed by atoms with Gasteiger partial charge in [0, 0.05) is 84.3 Å². The maximum Gasteiger partial charge on any atom is 0.140 e. The number of piperazine rings is 1. The van der Waals surface area contributed by atoms with Gasteiger partial charge in [-0.15, -0.1) is 0 Å². The zero-order valence-corrected chi connectivity index (χ0v) is 18.6. The van der Waals surface area contributed by atoms with E-state index in [1.165, 1.54) is 5.56 Å². The number of fused-ring (bicyclic) bond motifs is 2.